The van der Waals surface area contributed by atoms with Gasteiger partial charge in [-0.2, -0.15) is 25.3 Å². The molecule has 0 N–H and O–H groups in total. The van der Waals surface area contributed by atoms with E-state index in [1.807, 2.05) is 0 Å². The molecule has 0 saturated carbocycles. The molecule has 0 rings (SSSR count). The van der Waals surface area contributed by atoms with E-state index >= 15 is 0 Å². The van der Waals surface area contributed by atoms with Crippen LogP contribution in [0.2, 0.25) is 8.87 Å². The molecule has 0 atom stereocenters. The molecule has 0 bridgehead atoms. The quantitative estimate of drug-likeness (QED) is 0.0368. The standard InChI is InChI=1S/2C19H38O2S.2C4H9.Sn/c2*1-3-5-7-9-11-13-15-19(17-22,18(20)21)16-14-12-10-8-6-4-2;2*1-3-4-2;/h2*22H,3-17H2,1-2H3,(H,20,21);2*1,3-4H2,2H3;/q;;;;+2/p-2. The fourth-order valence-electron chi connectivity index (χ4n) is 6.81. The Morgan fingerprint density at radius 2 is 0.585 bits per heavy atom. The molecule has 7 heteroatoms. The Kier molecular flexibility index (Phi) is 49.2. The zero-order valence-corrected chi connectivity index (χ0v) is 41.1. The first-order valence-electron chi connectivity index (χ1n) is 23.0. The van der Waals surface area contributed by atoms with Gasteiger partial charge in [0.25, 0.3) is 0 Å². The normalized spacial score (nSPS) is 11.3. The summed E-state index contributed by atoms with van der Waals surface area (Å²) in [6, 6.07) is 0. The van der Waals surface area contributed by atoms with Crippen molar-refractivity contribution in [2.45, 2.75) is 256 Å². The topological polar surface area (TPSA) is 80.3 Å². The van der Waals surface area contributed by atoms with Crippen molar-refractivity contribution in [3.63, 3.8) is 0 Å². The predicted molar refractivity (Wildman–Crippen MR) is 240 cm³/mol. The third-order valence-corrected chi connectivity index (χ3v) is 16.2. The number of carboxylic acids is 2. The van der Waals surface area contributed by atoms with Gasteiger partial charge >= 0.3 is 69.5 Å². The molecule has 0 aliphatic rings. The average molecular weight is 892 g/mol. The van der Waals surface area contributed by atoms with Crippen molar-refractivity contribution in [2.75, 3.05) is 11.5 Å². The Morgan fingerprint density at radius 3 is 0.774 bits per heavy atom. The van der Waals surface area contributed by atoms with Crippen LogP contribution < -0.4 is 10.2 Å². The van der Waals surface area contributed by atoms with Crippen LogP contribution in [-0.2, 0) is 9.59 Å². The van der Waals surface area contributed by atoms with Crippen LogP contribution in [0.4, 0.5) is 0 Å². The number of carbonyl (C=O) groups is 2. The molecule has 0 aromatic carbocycles. The second-order valence-electron chi connectivity index (χ2n) is 16.0. The molecule has 0 amide bonds. The maximum absolute atomic E-state index is 11.6. The van der Waals surface area contributed by atoms with Crippen LogP contribution in [0.25, 0.3) is 0 Å². The van der Waals surface area contributed by atoms with Gasteiger partial charge in [0, 0.05) is 34.3 Å². The number of thiol groups is 2. The van der Waals surface area contributed by atoms with E-state index in [9.17, 15) is 19.8 Å². The Balaban J connectivity index is -0.000000768. The first-order chi connectivity index (χ1) is 25.7. The minimum atomic E-state index is -0.885. The maximum atomic E-state index is 11.6. The van der Waals surface area contributed by atoms with E-state index in [0.29, 0.717) is 11.5 Å². The number of aliphatic carboxylic acids is 2. The van der Waals surface area contributed by atoms with Gasteiger partial charge in [0.2, 0.25) is 0 Å². The minimum absolute atomic E-state index is 0.149. The molecule has 0 aliphatic heterocycles. The zero-order valence-electron chi connectivity index (χ0n) is 36.5. The molecule has 0 radical (unpaired) electrons. The Hall–Kier alpha value is 0.439. The first-order valence-corrected chi connectivity index (χ1v) is 28.3. The molecule has 0 aromatic heterocycles. The summed E-state index contributed by atoms with van der Waals surface area (Å²) in [7, 11) is 0. The third kappa shape index (κ3) is 36.5. The Bertz CT molecular complexity index is 659. The van der Waals surface area contributed by atoms with Crippen molar-refractivity contribution < 1.29 is 19.8 Å². The SMILES string of the molecule is CCCCCCCCC(CS)(CCCCCCCC)C(=O)[O-].CCCCCCCCC(CS)(CCCCCCCC)C(=O)[O-].CCC[CH2][Sn+2][CH2]CCC. The van der Waals surface area contributed by atoms with Gasteiger partial charge < -0.3 is 19.8 Å². The fourth-order valence-corrected chi connectivity index (χ4v) is 11.9. The molecule has 0 aromatic rings. The number of carboxylic acid groups (broad SMARTS) is 2. The van der Waals surface area contributed by atoms with Gasteiger partial charge in [0.05, 0.1) is 0 Å². The summed E-state index contributed by atoms with van der Waals surface area (Å²) in [5, 5.41) is 23.2. The van der Waals surface area contributed by atoms with Gasteiger partial charge in [-0.25, -0.2) is 0 Å². The summed E-state index contributed by atoms with van der Waals surface area (Å²) in [4.78, 5) is 23.2. The van der Waals surface area contributed by atoms with E-state index in [-0.39, 0.29) is 21.1 Å². The number of carbonyl (C=O) groups excluding carboxylic acids is 2. The molecule has 316 valence electrons. The fraction of sp³-hybridized carbons (Fsp3) is 0.957. The molecule has 0 unspecified atom stereocenters. The molecule has 0 aliphatic carbocycles. The number of hydrogen-bond acceptors (Lipinski definition) is 6. The second kappa shape index (κ2) is 45.1. The van der Waals surface area contributed by atoms with Crippen LogP contribution in [0.1, 0.15) is 247 Å². The van der Waals surface area contributed by atoms with E-state index in [4.69, 9.17) is 0 Å². The molecule has 0 spiro atoms. The number of unbranched alkanes of at least 4 members (excludes halogenated alkanes) is 22. The van der Waals surface area contributed by atoms with Crippen LogP contribution >= 0.6 is 25.3 Å². The molecule has 0 heterocycles. The molecule has 53 heavy (non-hydrogen) atoms. The van der Waals surface area contributed by atoms with Crippen LogP contribution in [0.3, 0.4) is 0 Å². The summed E-state index contributed by atoms with van der Waals surface area (Å²) in [6.07, 6.45) is 37.4. The van der Waals surface area contributed by atoms with Crippen molar-refractivity contribution in [2.24, 2.45) is 10.8 Å². The van der Waals surface area contributed by atoms with Crippen LogP contribution in [-0.4, -0.2) is 44.6 Å². The van der Waals surface area contributed by atoms with E-state index in [2.05, 4.69) is 66.8 Å². The van der Waals surface area contributed by atoms with Crippen LogP contribution in [0, 0.1) is 10.8 Å². The second-order valence-corrected chi connectivity index (χ2v) is 20.9. The Labute approximate surface area is 354 Å². The van der Waals surface area contributed by atoms with Crippen LogP contribution in [0.15, 0.2) is 0 Å². The summed E-state index contributed by atoms with van der Waals surface area (Å²) < 4.78 is 3.25. The van der Waals surface area contributed by atoms with Crippen LogP contribution in [0.5, 0.6) is 0 Å². The first kappa shape index (κ1) is 57.8. The van der Waals surface area contributed by atoms with Gasteiger partial charge in [-0.05, 0) is 25.7 Å². The van der Waals surface area contributed by atoms with Gasteiger partial charge in [-0.15, -0.1) is 0 Å². The number of rotatable bonds is 38. The summed E-state index contributed by atoms with van der Waals surface area (Å²) in [6.45, 7) is 13.4. The number of hydrogen-bond donors (Lipinski definition) is 2. The van der Waals surface area contributed by atoms with Crippen molar-refractivity contribution in [3.8, 4) is 0 Å². The third-order valence-electron chi connectivity index (χ3n) is 10.9. The van der Waals surface area contributed by atoms with Crippen molar-refractivity contribution in [3.05, 3.63) is 0 Å². The Morgan fingerprint density at radius 1 is 0.377 bits per heavy atom. The molecular formula is C46H92O4S2Sn. The molecular weight excluding hydrogens is 799 g/mol. The summed E-state index contributed by atoms with van der Waals surface area (Å²) in [5.74, 6) is -0.937. The average Bonchev–Trinajstić information content (AvgIpc) is 3.16. The molecule has 0 fully saturated rings. The van der Waals surface area contributed by atoms with Gasteiger partial charge in [-0.3, -0.25) is 0 Å². The summed E-state index contributed by atoms with van der Waals surface area (Å²) >= 11 is 8.82. The summed E-state index contributed by atoms with van der Waals surface area (Å²) in [5.41, 5.74) is -1.39. The van der Waals surface area contributed by atoms with Crippen molar-refractivity contribution >= 4 is 58.3 Å². The van der Waals surface area contributed by atoms with E-state index in [1.54, 1.807) is 8.87 Å². The predicted octanol–water partition coefficient (Wildman–Crippen LogP) is 13.4. The molecule has 4 nitrogen and oxygen atoms in total. The molecule has 0 saturated heterocycles. The monoisotopic (exact) mass is 893 g/mol. The van der Waals surface area contributed by atoms with E-state index in [0.717, 1.165) is 77.0 Å². The van der Waals surface area contributed by atoms with Crippen molar-refractivity contribution in [1.82, 2.24) is 0 Å². The van der Waals surface area contributed by atoms with E-state index in [1.165, 1.54) is 128 Å². The van der Waals surface area contributed by atoms with Gasteiger partial charge in [0.15, 0.2) is 0 Å². The zero-order chi connectivity index (χ0) is 40.3. The van der Waals surface area contributed by atoms with Gasteiger partial charge in [0.1, 0.15) is 0 Å². The van der Waals surface area contributed by atoms with Crippen molar-refractivity contribution in [1.29, 1.82) is 0 Å². The van der Waals surface area contributed by atoms with Gasteiger partial charge in [-0.1, -0.05) is 182 Å². The van der Waals surface area contributed by atoms with E-state index < -0.39 is 22.8 Å².